The molecule has 23 heavy (non-hydrogen) atoms. The van der Waals surface area contributed by atoms with Gasteiger partial charge in [0.25, 0.3) is 0 Å². The molecule has 2 aromatic rings. The molecule has 2 aromatic carbocycles. The van der Waals surface area contributed by atoms with E-state index in [1.54, 1.807) is 7.11 Å². The Hall–Kier alpha value is -2.49. The van der Waals surface area contributed by atoms with Gasteiger partial charge in [-0.2, -0.15) is 0 Å². The fourth-order valence-corrected chi connectivity index (χ4v) is 2.28. The minimum atomic E-state index is -0.550. The predicted molar refractivity (Wildman–Crippen MR) is 91.8 cm³/mol. The van der Waals surface area contributed by atoms with Gasteiger partial charge >= 0.3 is 5.97 Å². The third kappa shape index (κ3) is 4.74. The van der Waals surface area contributed by atoms with Crippen LogP contribution in [-0.2, 0) is 9.53 Å². The molecule has 0 amide bonds. The molecule has 0 radical (unpaired) electrons. The van der Waals surface area contributed by atoms with Gasteiger partial charge in [-0.05, 0) is 50.6 Å². The number of methoxy groups -OCH3 is 1. The molecule has 4 nitrogen and oxygen atoms in total. The first-order chi connectivity index (χ1) is 11.0. The van der Waals surface area contributed by atoms with Gasteiger partial charge < -0.3 is 14.8 Å². The van der Waals surface area contributed by atoms with Crippen LogP contribution in [0.1, 0.15) is 31.0 Å². The molecule has 0 spiro atoms. The molecule has 0 saturated heterocycles. The number of benzene rings is 2. The standard InChI is InChI=1S/C19H23NO3/c1-13(2)23-19(21)18(15-7-5-6-14(3)12-15)20-16-8-10-17(22-4)11-9-16/h5-13,18,20H,1-4H3. The number of esters is 1. The van der Waals surface area contributed by atoms with Gasteiger partial charge in [-0.1, -0.05) is 29.8 Å². The predicted octanol–water partition coefficient (Wildman–Crippen LogP) is 4.11. The van der Waals surface area contributed by atoms with Crippen LogP contribution >= 0.6 is 0 Å². The van der Waals surface area contributed by atoms with E-state index >= 15 is 0 Å². The summed E-state index contributed by atoms with van der Waals surface area (Å²) >= 11 is 0. The number of aryl methyl sites for hydroxylation is 1. The van der Waals surface area contributed by atoms with Crippen LogP contribution in [0.4, 0.5) is 5.69 Å². The van der Waals surface area contributed by atoms with Crippen LogP contribution in [0.5, 0.6) is 5.75 Å². The quantitative estimate of drug-likeness (QED) is 0.815. The summed E-state index contributed by atoms with van der Waals surface area (Å²) < 4.78 is 10.6. The van der Waals surface area contributed by atoms with E-state index in [9.17, 15) is 4.79 Å². The number of ether oxygens (including phenoxy) is 2. The molecule has 0 bridgehead atoms. The summed E-state index contributed by atoms with van der Waals surface area (Å²) in [5.41, 5.74) is 2.81. The molecule has 0 aliphatic heterocycles. The molecule has 122 valence electrons. The van der Waals surface area contributed by atoms with Gasteiger partial charge in [0, 0.05) is 5.69 Å². The van der Waals surface area contributed by atoms with Crippen molar-refractivity contribution in [1.29, 1.82) is 0 Å². The first-order valence-electron chi connectivity index (χ1n) is 7.67. The fraction of sp³-hybridized carbons (Fsp3) is 0.316. The van der Waals surface area contributed by atoms with E-state index in [-0.39, 0.29) is 12.1 Å². The Bertz CT molecular complexity index is 650. The number of anilines is 1. The van der Waals surface area contributed by atoms with Crippen molar-refractivity contribution in [2.45, 2.75) is 32.9 Å². The second kappa shape index (κ2) is 7.68. The van der Waals surface area contributed by atoms with Crippen molar-refractivity contribution < 1.29 is 14.3 Å². The molecule has 0 heterocycles. The Morgan fingerprint density at radius 1 is 1.09 bits per heavy atom. The van der Waals surface area contributed by atoms with Gasteiger partial charge in [0.05, 0.1) is 13.2 Å². The molecule has 1 unspecified atom stereocenters. The van der Waals surface area contributed by atoms with Crippen LogP contribution in [0.2, 0.25) is 0 Å². The monoisotopic (exact) mass is 313 g/mol. The Labute approximate surface area is 137 Å². The maximum Gasteiger partial charge on any atom is 0.333 e. The number of hydrogen-bond acceptors (Lipinski definition) is 4. The highest BCUT2D eigenvalue weighted by Gasteiger charge is 2.23. The lowest BCUT2D eigenvalue weighted by atomic mass is 10.0. The van der Waals surface area contributed by atoms with Crippen LogP contribution < -0.4 is 10.1 Å². The fourth-order valence-electron chi connectivity index (χ4n) is 2.28. The van der Waals surface area contributed by atoms with E-state index in [2.05, 4.69) is 5.32 Å². The van der Waals surface area contributed by atoms with Crippen molar-refractivity contribution in [2.75, 3.05) is 12.4 Å². The maximum atomic E-state index is 12.5. The van der Waals surface area contributed by atoms with Gasteiger partial charge in [-0.3, -0.25) is 0 Å². The molecule has 1 atom stereocenters. The largest absolute Gasteiger partial charge is 0.497 e. The summed E-state index contributed by atoms with van der Waals surface area (Å²) in [5, 5.41) is 3.25. The molecule has 1 N–H and O–H groups in total. The average molecular weight is 313 g/mol. The summed E-state index contributed by atoms with van der Waals surface area (Å²) in [7, 11) is 1.62. The first kappa shape index (κ1) is 16.9. The van der Waals surface area contributed by atoms with Gasteiger partial charge in [0.2, 0.25) is 0 Å². The summed E-state index contributed by atoms with van der Waals surface area (Å²) in [4.78, 5) is 12.5. The molecule has 0 aliphatic carbocycles. The third-order valence-corrected chi connectivity index (χ3v) is 3.36. The normalized spacial score (nSPS) is 11.9. The maximum absolute atomic E-state index is 12.5. The van der Waals surface area contributed by atoms with Crippen molar-refractivity contribution in [3.63, 3.8) is 0 Å². The Kier molecular flexibility index (Phi) is 5.63. The molecule has 0 aromatic heterocycles. The van der Waals surface area contributed by atoms with Gasteiger partial charge in [-0.25, -0.2) is 4.79 Å². The first-order valence-corrected chi connectivity index (χ1v) is 7.67. The van der Waals surface area contributed by atoms with Crippen LogP contribution in [0.3, 0.4) is 0 Å². The molecular formula is C19H23NO3. The van der Waals surface area contributed by atoms with E-state index in [0.29, 0.717) is 0 Å². The molecule has 2 rings (SSSR count). The second-order valence-electron chi connectivity index (χ2n) is 5.71. The third-order valence-electron chi connectivity index (χ3n) is 3.36. The molecule has 0 saturated carbocycles. The van der Waals surface area contributed by atoms with Crippen molar-refractivity contribution >= 4 is 11.7 Å². The van der Waals surface area contributed by atoms with Gasteiger partial charge in [0.15, 0.2) is 6.04 Å². The van der Waals surface area contributed by atoms with Crippen molar-refractivity contribution in [1.82, 2.24) is 0 Å². The lowest BCUT2D eigenvalue weighted by Gasteiger charge is -2.21. The van der Waals surface area contributed by atoms with E-state index in [1.807, 2.05) is 69.3 Å². The lowest BCUT2D eigenvalue weighted by Crippen LogP contribution is -2.25. The van der Waals surface area contributed by atoms with Crippen molar-refractivity contribution in [3.8, 4) is 5.75 Å². The second-order valence-corrected chi connectivity index (χ2v) is 5.71. The van der Waals surface area contributed by atoms with Gasteiger partial charge in [0.1, 0.15) is 5.75 Å². The van der Waals surface area contributed by atoms with Crippen molar-refractivity contribution in [3.05, 3.63) is 59.7 Å². The lowest BCUT2D eigenvalue weighted by molar-refractivity contribution is -0.148. The number of rotatable bonds is 6. The number of carbonyl (C=O) groups excluding carboxylic acids is 1. The topological polar surface area (TPSA) is 47.6 Å². The average Bonchev–Trinajstić information content (AvgIpc) is 2.52. The summed E-state index contributed by atoms with van der Waals surface area (Å²) in [6.07, 6.45) is -0.160. The van der Waals surface area contributed by atoms with Crippen LogP contribution in [0.25, 0.3) is 0 Å². The van der Waals surface area contributed by atoms with E-state index in [0.717, 1.165) is 22.6 Å². The van der Waals surface area contributed by atoms with Gasteiger partial charge in [-0.15, -0.1) is 0 Å². The summed E-state index contributed by atoms with van der Waals surface area (Å²) in [6, 6.07) is 14.8. The Morgan fingerprint density at radius 2 is 1.78 bits per heavy atom. The van der Waals surface area contributed by atoms with Crippen LogP contribution in [0, 0.1) is 6.92 Å². The zero-order valence-corrected chi connectivity index (χ0v) is 14.0. The number of hydrogen-bond donors (Lipinski definition) is 1. The summed E-state index contributed by atoms with van der Waals surface area (Å²) in [6.45, 7) is 5.69. The SMILES string of the molecule is COc1ccc(NC(C(=O)OC(C)C)c2cccc(C)c2)cc1. The van der Waals surface area contributed by atoms with Crippen LogP contribution in [-0.4, -0.2) is 19.2 Å². The molecule has 0 aliphatic rings. The number of nitrogens with one attached hydrogen (secondary N) is 1. The van der Waals surface area contributed by atoms with Crippen molar-refractivity contribution in [2.24, 2.45) is 0 Å². The molecule has 4 heteroatoms. The minimum Gasteiger partial charge on any atom is -0.497 e. The van der Waals surface area contributed by atoms with E-state index in [1.165, 1.54) is 0 Å². The van der Waals surface area contributed by atoms with E-state index in [4.69, 9.17) is 9.47 Å². The van der Waals surface area contributed by atoms with Crippen LogP contribution in [0.15, 0.2) is 48.5 Å². The Balaban J connectivity index is 2.26. The highest BCUT2D eigenvalue weighted by Crippen LogP contribution is 2.24. The highest BCUT2D eigenvalue weighted by atomic mass is 16.5. The van der Waals surface area contributed by atoms with E-state index < -0.39 is 6.04 Å². The molecular weight excluding hydrogens is 290 g/mol. The zero-order valence-electron chi connectivity index (χ0n) is 14.0. The summed E-state index contributed by atoms with van der Waals surface area (Å²) in [5.74, 6) is 0.480. The smallest absolute Gasteiger partial charge is 0.333 e. The number of carbonyl (C=O) groups is 1. The highest BCUT2D eigenvalue weighted by molar-refractivity contribution is 5.81. The molecule has 0 fully saturated rings. The minimum absolute atomic E-state index is 0.160. The Morgan fingerprint density at radius 3 is 2.35 bits per heavy atom. The zero-order chi connectivity index (χ0) is 16.8.